The molecule has 0 aliphatic heterocycles. The first kappa shape index (κ1) is 14.4. The number of benzene rings is 1. The molecule has 0 bridgehead atoms. The normalized spacial score (nSPS) is 11.7. The Labute approximate surface area is 120 Å². The van der Waals surface area contributed by atoms with E-state index in [1.807, 2.05) is 0 Å². The van der Waals surface area contributed by atoms with E-state index in [9.17, 15) is 20.0 Å². The van der Waals surface area contributed by atoms with E-state index < -0.39 is 22.3 Å². The highest BCUT2D eigenvalue weighted by Crippen LogP contribution is 2.29. The number of amides is 1. The molecule has 0 spiro atoms. The van der Waals surface area contributed by atoms with Crippen LogP contribution in [0.2, 0.25) is 0 Å². The van der Waals surface area contributed by atoms with Gasteiger partial charge >= 0.3 is 5.69 Å². The summed E-state index contributed by atoms with van der Waals surface area (Å²) in [7, 11) is 0. The van der Waals surface area contributed by atoms with Gasteiger partial charge in [-0.25, -0.2) is 0 Å². The number of nitro groups is 1. The number of carbonyl (C=O) groups excluding carboxylic acids is 1. The highest BCUT2D eigenvalue weighted by Gasteiger charge is 2.18. The third-order valence-corrected chi connectivity index (χ3v) is 3.02. The molecule has 2 aromatic rings. The molecule has 1 atom stereocenters. The van der Waals surface area contributed by atoms with Crippen molar-refractivity contribution in [1.29, 1.82) is 0 Å². The van der Waals surface area contributed by atoms with Gasteiger partial charge in [-0.3, -0.25) is 19.9 Å². The maximum atomic E-state index is 12.1. The summed E-state index contributed by atoms with van der Waals surface area (Å²) in [5, 5.41) is 22.7. The lowest BCUT2D eigenvalue weighted by atomic mass is 10.0. The third-order valence-electron chi connectivity index (χ3n) is 3.02. The highest BCUT2D eigenvalue weighted by atomic mass is 16.6. The second kappa shape index (κ2) is 6.00. The average Bonchev–Trinajstić information content (AvgIpc) is 2.49. The Morgan fingerprint density at radius 3 is 2.81 bits per heavy atom. The standard InChI is InChI=1S/C14H13N3O4/c1-9(10-3-2-6-15-8-10)14(19)16-11-4-5-13(18)12(7-11)17(20)21/h2-9,18H,1H3,(H,16,19)/t9-/m1/s1. The number of carbonyl (C=O) groups is 1. The number of pyridine rings is 1. The summed E-state index contributed by atoms with van der Waals surface area (Å²) >= 11 is 0. The summed E-state index contributed by atoms with van der Waals surface area (Å²) in [5.74, 6) is -1.21. The van der Waals surface area contributed by atoms with Gasteiger partial charge in [0.2, 0.25) is 5.91 Å². The van der Waals surface area contributed by atoms with E-state index in [2.05, 4.69) is 10.3 Å². The molecule has 2 rings (SSSR count). The Hall–Kier alpha value is -2.96. The first-order chi connectivity index (χ1) is 9.99. The number of anilines is 1. The van der Waals surface area contributed by atoms with Crippen LogP contribution in [0.4, 0.5) is 11.4 Å². The summed E-state index contributed by atoms with van der Waals surface area (Å²) < 4.78 is 0. The van der Waals surface area contributed by atoms with Gasteiger partial charge in [0, 0.05) is 24.1 Å². The van der Waals surface area contributed by atoms with Crippen LogP contribution in [-0.4, -0.2) is 20.9 Å². The fourth-order valence-electron chi connectivity index (χ4n) is 1.78. The molecular formula is C14H13N3O4. The van der Waals surface area contributed by atoms with E-state index >= 15 is 0 Å². The Bertz CT molecular complexity index is 673. The van der Waals surface area contributed by atoms with Gasteiger partial charge in [0.1, 0.15) is 0 Å². The van der Waals surface area contributed by atoms with Gasteiger partial charge in [-0.05, 0) is 30.7 Å². The average molecular weight is 287 g/mol. The zero-order valence-electron chi connectivity index (χ0n) is 11.2. The zero-order chi connectivity index (χ0) is 15.4. The van der Waals surface area contributed by atoms with Crippen LogP contribution in [0.15, 0.2) is 42.7 Å². The van der Waals surface area contributed by atoms with E-state index in [0.717, 1.165) is 11.6 Å². The maximum absolute atomic E-state index is 12.1. The van der Waals surface area contributed by atoms with E-state index in [0.29, 0.717) is 0 Å². The van der Waals surface area contributed by atoms with E-state index in [4.69, 9.17) is 0 Å². The predicted octanol–water partition coefficient (Wildman–Crippen LogP) is 2.44. The molecule has 1 heterocycles. The van der Waals surface area contributed by atoms with Crippen molar-refractivity contribution >= 4 is 17.3 Å². The largest absolute Gasteiger partial charge is 0.502 e. The number of hydrogen-bond acceptors (Lipinski definition) is 5. The lowest BCUT2D eigenvalue weighted by molar-refractivity contribution is -0.385. The van der Waals surface area contributed by atoms with Crippen LogP contribution in [0, 0.1) is 10.1 Å². The highest BCUT2D eigenvalue weighted by molar-refractivity contribution is 5.95. The summed E-state index contributed by atoms with van der Waals surface area (Å²) in [4.78, 5) is 26.1. The van der Waals surface area contributed by atoms with Gasteiger partial charge in [-0.2, -0.15) is 0 Å². The number of aromatic hydroxyl groups is 1. The van der Waals surface area contributed by atoms with Crippen molar-refractivity contribution in [1.82, 2.24) is 4.98 Å². The molecule has 0 saturated heterocycles. The number of nitro benzene ring substituents is 1. The molecular weight excluding hydrogens is 274 g/mol. The fraction of sp³-hybridized carbons (Fsp3) is 0.143. The Morgan fingerprint density at radius 2 is 2.19 bits per heavy atom. The summed E-state index contributed by atoms with van der Waals surface area (Å²) in [6.07, 6.45) is 3.20. The molecule has 1 aromatic heterocycles. The van der Waals surface area contributed by atoms with Gasteiger partial charge in [0.05, 0.1) is 10.8 Å². The summed E-state index contributed by atoms with van der Waals surface area (Å²) in [5.41, 5.74) is 0.533. The maximum Gasteiger partial charge on any atom is 0.312 e. The summed E-state index contributed by atoms with van der Waals surface area (Å²) in [6.45, 7) is 1.71. The molecule has 0 radical (unpaired) electrons. The molecule has 1 amide bonds. The van der Waals surface area contributed by atoms with Gasteiger partial charge < -0.3 is 10.4 Å². The smallest absolute Gasteiger partial charge is 0.312 e. The predicted molar refractivity (Wildman–Crippen MR) is 76.0 cm³/mol. The molecule has 2 N–H and O–H groups in total. The number of aromatic nitrogens is 1. The molecule has 0 fully saturated rings. The minimum Gasteiger partial charge on any atom is -0.502 e. The van der Waals surface area contributed by atoms with Gasteiger partial charge in [0.25, 0.3) is 0 Å². The van der Waals surface area contributed by atoms with Crippen LogP contribution in [0.3, 0.4) is 0 Å². The molecule has 7 heteroatoms. The lowest BCUT2D eigenvalue weighted by Gasteiger charge is -2.12. The van der Waals surface area contributed by atoms with Crippen LogP contribution >= 0.6 is 0 Å². The van der Waals surface area contributed by atoms with Gasteiger partial charge in [-0.15, -0.1) is 0 Å². The number of nitrogens with zero attached hydrogens (tertiary/aromatic N) is 2. The van der Waals surface area contributed by atoms with Crippen molar-refractivity contribution in [3.05, 3.63) is 58.4 Å². The Morgan fingerprint density at radius 1 is 1.43 bits per heavy atom. The number of nitrogens with one attached hydrogen (secondary N) is 1. The van der Waals surface area contributed by atoms with E-state index in [1.165, 1.54) is 12.1 Å². The Kier molecular flexibility index (Phi) is 4.13. The number of rotatable bonds is 4. The summed E-state index contributed by atoms with van der Waals surface area (Å²) in [6, 6.07) is 7.18. The molecule has 0 unspecified atom stereocenters. The SMILES string of the molecule is C[C@@H](C(=O)Nc1ccc(O)c([N+](=O)[O-])c1)c1cccnc1. The van der Waals surface area contributed by atoms with Crippen molar-refractivity contribution in [3.8, 4) is 5.75 Å². The van der Waals surface area contributed by atoms with Crippen LogP contribution < -0.4 is 5.32 Å². The molecule has 108 valence electrons. The molecule has 0 saturated carbocycles. The fourth-order valence-corrected chi connectivity index (χ4v) is 1.78. The van der Waals surface area contributed by atoms with Crippen molar-refractivity contribution in [2.24, 2.45) is 0 Å². The van der Waals surface area contributed by atoms with Crippen molar-refractivity contribution in [2.75, 3.05) is 5.32 Å². The minimum atomic E-state index is -0.713. The quantitative estimate of drug-likeness (QED) is 0.510. The van der Waals surface area contributed by atoms with E-state index in [-0.39, 0.29) is 11.6 Å². The van der Waals surface area contributed by atoms with Crippen LogP contribution in [0.1, 0.15) is 18.4 Å². The van der Waals surface area contributed by atoms with Crippen LogP contribution in [0.25, 0.3) is 0 Å². The lowest BCUT2D eigenvalue weighted by Crippen LogP contribution is -2.19. The number of phenolic OH excluding ortho intramolecular Hbond substituents is 1. The van der Waals surface area contributed by atoms with Crippen LogP contribution in [-0.2, 0) is 4.79 Å². The zero-order valence-corrected chi connectivity index (χ0v) is 11.2. The van der Waals surface area contributed by atoms with Crippen LogP contribution in [0.5, 0.6) is 5.75 Å². The number of phenols is 1. The first-order valence-electron chi connectivity index (χ1n) is 6.17. The Balaban J connectivity index is 2.16. The molecule has 1 aromatic carbocycles. The third kappa shape index (κ3) is 3.33. The van der Waals surface area contributed by atoms with Crippen molar-refractivity contribution in [2.45, 2.75) is 12.8 Å². The molecule has 21 heavy (non-hydrogen) atoms. The topological polar surface area (TPSA) is 105 Å². The first-order valence-corrected chi connectivity index (χ1v) is 6.17. The number of hydrogen-bond donors (Lipinski definition) is 2. The van der Waals surface area contributed by atoms with Crippen molar-refractivity contribution in [3.63, 3.8) is 0 Å². The second-order valence-electron chi connectivity index (χ2n) is 4.46. The minimum absolute atomic E-state index is 0.250. The molecule has 7 nitrogen and oxygen atoms in total. The van der Waals surface area contributed by atoms with Gasteiger partial charge in [-0.1, -0.05) is 6.07 Å². The molecule has 0 aliphatic carbocycles. The van der Waals surface area contributed by atoms with Gasteiger partial charge in [0.15, 0.2) is 5.75 Å². The monoisotopic (exact) mass is 287 g/mol. The van der Waals surface area contributed by atoms with Crippen molar-refractivity contribution < 1.29 is 14.8 Å². The molecule has 0 aliphatic rings. The van der Waals surface area contributed by atoms with E-state index in [1.54, 1.807) is 31.5 Å². The second-order valence-corrected chi connectivity index (χ2v) is 4.46.